The summed E-state index contributed by atoms with van der Waals surface area (Å²) < 4.78 is 0. The van der Waals surface area contributed by atoms with E-state index in [2.05, 4.69) is 15.0 Å². The summed E-state index contributed by atoms with van der Waals surface area (Å²) >= 11 is 6.45. The third kappa shape index (κ3) is 2.38. The van der Waals surface area contributed by atoms with Gasteiger partial charge in [0.05, 0.1) is 10.5 Å². The highest BCUT2D eigenvalue weighted by Gasteiger charge is 2.42. The second kappa shape index (κ2) is 5.63. The molecule has 1 spiro atoms. The zero-order valence-corrected chi connectivity index (χ0v) is 14.0. The van der Waals surface area contributed by atoms with Gasteiger partial charge >= 0.3 is 0 Å². The predicted octanol–water partition coefficient (Wildman–Crippen LogP) is 3.00. The van der Waals surface area contributed by atoms with Gasteiger partial charge in [0.25, 0.3) is 0 Å². The molecule has 0 atom stereocenters. The van der Waals surface area contributed by atoms with Crippen LogP contribution in [0, 0.1) is 0 Å². The molecule has 0 saturated heterocycles. The number of anilines is 1. The molecule has 4 N–H and O–H groups in total. The number of benzene rings is 1. The Labute approximate surface area is 145 Å². The fourth-order valence-electron chi connectivity index (χ4n) is 3.76. The number of aromatic nitrogens is 1. The van der Waals surface area contributed by atoms with E-state index in [1.165, 1.54) is 6.42 Å². The molecular weight excluding hydrogens is 324 g/mol. The maximum atomic E-state index is 6.45. The molecule has 1 aromatic heterocycles. The Morgan fingerprint density at radius 2 is 1.92 bits per heavy atom. The number of aliphatic imine (C=N–C) groups is 2. The van der Waals surface area contributed by atoms with Crippen molar-refractivity contribution in [1.82, 2.24) is 4.98 Å². The van der Waals surface area contributed by atoms with E-state index < -0.39 is 5.66 Å². The number of halogens is 1. The molecule has 2 heterocycles. The van der Waals surface area contributed by atoms with Crippen molar-refractivity contribution in [2.75, 3.05) is 4.90 Å². The molecule has 1 aliphatic carbocycles. The van der Waals surface area contributed by atoms with Gasteiger partial charge in [0.2, 0.25) is 11.9 Å². The smallest absolute Gasteiger partial charge is 0.220 e. The van der Waals surface area contributed by atoms with Crippen LogP contribution in [0.25, 0.3) is 10.9 Å². The Morgan fingerprint density at radius 1 is 1.12 bits per heavy atom. The Morgan fingerprint density at radius 3 is 2.71 bits per heavy atom. The molecule has 24 heavy (non-hydrogen) atoms. The van der Waals surface area contributed by atoms with Gasteiger partial charge in [-0.05, 0) is 43.9 Å². The minimum Gasteiger partial charge on any atom is -0.369 e. The molecule has 0 amide bonds. The minimum absolute atomic E-state index is 0.249. The Balaban J connectivity index is 1.88. The highest BCUT2D eigenvalue weighted by atomic mass is 35.5. The van der Waals surface area contributed by atoms with Crippen molar-refractivity contribution >= 4 is 40.1 Å². The standard InChI is InChI=1S/C17H19ClN6/c18-13-10-12(9-11-5-4-8-21-14(11)13)24-16(20)22-15(19)23-17(24)6-2-1-3-7-17/h4-5,8-10H,1-3,6-7H2,(H4,19,20,22,23). The maximum Gasteiger partial charge on any atom is 0.220 e. The number of fused-ring (bicyclic) bond motifs is 1. The number of nitrogens with zero attached hydrogens (tertiary/aromatic N) is 4. The van der Waals surface area contributed by atoms with E-state index in [1.807, 2.05) is 29.2 Å². The van der Waals surface area contributed by atoms with E-state index in [4.69, 9.17) is 23.1 Å². The molecule has 4 rings (SSSR count). The van der Waals surface area contributed by atoms with Crippen molar-refractivity contribution < 1.29 is 0 Å². The van der Waals surface area contributed by atoms with Crippen LogP contribution in [0.4, 0.5) is 5.69 Å². The molecule has 0 bridgehead atoms. The van der Waals surface area contributed by atoms with Crippen molar-refractivity contribution in [3.8, 4) is 0 Å². The zero-order chi connectivity index (χ0) is 16.7. The van der Waals surface area contributed by atoms with Gasteiger partial charge in [-0.3, -0.25) is 9.88 Å². The molecule has 1 fully saturated rings. The maximum absolute atomic E-state index is 6.45. The van der Waals surface area contributed by atoms with Crippen LogP contribution in [0.2, 0.25) is 5.02 Å². The highest BCUT2D eigenvalue weighted by molar-refractivity contribution is 6.35. The van der Waals surface area contributed by atoms with E-state index in [0.717, 1.165) is 42.3 Å². The molecule has 0 unspecified atom stereocenters. The molecule has 124 valence electrons. The molecular formula is C17H19ClN6. The lowest BCUT2D eigenvalue weighted by Gasteiger charge is -2.45. The fourth-order valence-corrected chi connectivity index (χ4v) is 4.03. The van der Waals surface area contributed by atoms with Gasteiger partial charge in [-0.15, -0.1) is 0 Å². The van der Waals surface area contributed by atoms with Crippen LogP contribution in [0.15, 0.2) is 40.4 Å². The van der Waals surface area contributed by atoms with E-state index in [-0.39, 0.29) is 5.96 Å². The average Bonchev–Trinajstić information content (AvgIpc) is 2.55. The molecule has 7 heteroatoms. The molecule has 0 radical (unpaired) electrons. The Bertz CT molecular complexity index is 853. The van der Waals surface area contributed by atoms with E-state index in [9.17, 15) is 0 Å². The summed E-state index contributed by atoms with van der Waals surface area (Å²) in [4.78, 5) is 15.2. The second-order valence-corrected chi connectivity index (χ2v) is 6.73. The predicted molar refractivity (Wildman–Crippen MR) is 98.3 cm³/mol. The molecule has 2 aliphatic rings. The van der Waals surface area contributed by atoms with E-state index in [1.54, 1.807) is 6.20 Å². The summed E-state index contributed by atoms with van der Waals surface area (Å²) in [6.45, 7) is 0. The topological polar surface area (TPSA) is 92.9 Å². The monoisotopic (exact) mass is 342 g/mol. The average molecular weight is 343 g/mol. The van der Waals surface area contributed by atoms with Crippen LogP contribution in [0.3, 0.4) is 0 Å². The molecule has 1 saturated carbocycles. The number of rotatable bonds is 1. The van der Waals surface area contributed by atoms with Gasteiger partial charge in [0.15, 0.2) is 0 Å². The second-order valence-electron chi connectivity index (χ2n) is 6.32. The van der Waals surface area contributed by atoms with Crippen LogP contribution in [0.5, 0.6) is 0 Å². The van der Waals surface area contributed by atoms with Gasteiger partial charge in [0, 0.05) is 17.3 Å². The SMILES string of the molecule is NC1=NC2(CCCCC2)N(c2cc(Cl)c3ncccc3c2)C(N)=N1. The van der Waals surface area contributed by atoms with Crippen molar-refractivity contribution in [2.24, 2.45) is 21.5 Å². The first kappa shape index (κ1) is 15.2. The summed E-state index contributed by atoms with van der Waals surface area (Å²) in [5.41, 5.74) is 13.4. The molecule has 1 aromatic carbocycles. The molecule has 1 aliphatic heterocycles. The van der Waals surface area contributed by atoms with E-state index >= 15 is 0 Å². The Kier molecular flexibility index (Phi) is 3.57. The number of hydrogen-bond donors (Lipinski definition) is 2. The fraction of sp³-hybridized carbons (Fsp3) is 0.353. The first-order valence-corrected chi connectivity index (χ1v) is 8.51. The molecule has 2 aromatic rings. The number of pyridine rings is 1. The normalized spacial score (nSPS) is 20.1. The number of hydrogen-bond acceptors (Lipinski definition) is 6. The summed E-state index contributed by atoms with van der Waals surface area (Å²) in [7, 11) is 0. The van der Waals surface area contributed by atoms with E-state index in [0.29, 0.717) is 11.0 Å². The first-order chi connectivity index (χ1) is 11.6. The van der Waals surface area contributed by atoms with Crippen LogP contribution >= 0.6 is 11.6 Å². The van der Waals surface area contributed by atoms with Crippen LogP contribution in [0.1, 0.15) is 32.1 Å². The highest BCUT2D eigenvalue weighted by Crippen LogP contribution is 2.41. The quantitative estimate of drug-likeness (QED) is 0.833. The minimum atomic E-state index is -0.465. The third-order valence-electron chi connectivity index (χ3n) is 4.75. The van der Waals surface area contributed by atoms with Gasteiger partial charge < -0.3 is 11.5 Å². The van der Waals surface area contributed by atoms with Crippen LogP contribution in [-0.2, 0) is 0 Å². The van der Waals surface area contributed by atoms with Crippen LogP contribution in [-0.4, -0.2) is 22.6 Å². The zero-order valence-electron chi connectivity index (χ0n) is 13.2. The van der Waals surface area contributed by atoms with Crippen molar-refractivity contribution in [2.45, 2.75) is 37.8 Å². The van der Waals surface area contributed by atoms with Crippen molar-refractivity contribution in [3.63, 3.8) is 0 Å². The van der Waals surface area contributed by atoms with Gasteiger partial charge in [-0.25, -0.2) is 4.99 Å². The third-order valence-corrected chi connectivity index (χ3v) is 5.04. The molecule has 6 nitrogen and oxygen atoms in total. The van der Waals surface area contributed by atoms with Gasteiger partial charge in [0.1, 0.15) is 5.66 Å². The van der Waals surface area contributed by atoms with Crippen molar-refractivity contribution in [1.29, 1.82) is 0 Å². The lowest BCUT2D eigenvalue weighted by molar-refractivity contribution is 0.305. The lowest BCUT2D eigenvalue weighted by Crippen LogP contribution is -2.58. The lowest BCUT2D eigenvalue weighted by atomic mass is 9.87. The summed E-state index contributed by atoms with van der Waals surface area (Å²) in [5, 5.41) is 1.55. The summed E-state index contributed by atoms with van der Waals surface area (Å²) in [6, 6.07) is 7.79. The van der Waals surface area contributed by atoms with Crippen molar-refractivity contribution in [3.05, 3.63) is 35.5 Å². The van der Waals surface area contributed by atoms with Crippen LogP contribution < -0.4 is 16.4 Å². The summed E-state index contributed by atoms with van der Waals surface area (Å²) in [5.74, 6) is 0.614. The first-order valence-electron chi connectivity index (χ1n) is 8.13. The number of guanidine groups is 2. The van der Waals surface area contributed by atoms with Gasteiger partial charge in [-0.2, -0.15) is 4.99 Å². The Hall–Kier alpha value is -2.34. The summed E-state index contributed by atoms with van der Waals surface area (Å²) in [6.07, 6.45) is 6.90. The largest absolute Gasteiger partial charge is 0.369 e. The number of nitrogens with two attached hydrogens (primary N) is 2. The van der Waals surface area contributed by atoms with Gasteiger partial charge in [-0.1, -0.05) is 24.1 Å².